The van der Waals surface area contributed by atoms with Crippen molar-refractivity contribution in [1.29, 1.82) is 0 Å². The van der Waals surface area contributed by atoms with Crippen LogP contribution in [0.2, 0.25) is 0 Å². The summed E-state index contributed by atoms with van der Waals surface area (Å²) in [6.07, 6.45) is -4.54. The minimum atomic E-state index is -6.06. The van der Waals surface area contributed by atoms with Gasteiger partial charge in [0.05, 0.1) is 4.91 Å². The Morgan fingerprint density at radius 3 is 2.23 bits per heavy atom. The molecular weight excluding hydrogens is 574 g/mol. The zero-order chi connectivity index (χ0) is 28.6. The molecule has 3 aliphatic rings. The highest BCUT2D eigenvalue weighted by Crippen LogP contribution is 2.49. The smallest absolute Gasteiger partial charge is 0.381 e. The lowest BCUT2D eigenvalue weighted by atomic mass is 9.91. The Bertz CT molecular complexity index is 1210. The fraction of sp³-hybridized carbons (Fsp3) is 0.609. The van der Waals surface area contributed by atoms with Crippen molar-refractivity contribution >= 4 is 33.1 Å². The number of halogens is 6. The molecule has 2 fully saturated rings. The predicted molar refractivity (Wildman–Crippen MR) is 132 cm³/mol. The van der Waals surface area contributed by atoms with Crippen molar-refractivity contribution < 1.29 is 44.6 Å². The molecule has 1 N–H and O–H groups in total. The lowest BCUT2D eigenvalue weighted by molar-refractivity contribution is -0.376. The minimum absolute atomic E-state index is 0.0104. The Hall–Kier alpha value is -2.14. The van der Waals surface area contributed by atoms with E-state index in [1.807, 2.05) is 0 Å². The molecule has 2 aliphatic heterocycles. The van der Waals surface area contributed by atoms with E-state index in [-0.39, 0.29) is 41.3 Å². The maximum absolute atomic E-state index is 13.4. The zero-order valence-electron chi connectivity index (χ0n) is 20.5. The largest absolute Gasteiger partial charge is 0.430 e. The highest BCUT2D eigenvalue weighted by molar-refractivity contribution is 7.96. The third-order valence-corrected chi connectivity index (χ3v) is 9.57. The van der Waals surface area contributed by atoms with E-state index in [9.17, 15) is 39.9 Å². The molecule has 1 aromatic heterocycles. The van der Waals surface area contributed by atoms with E-state index in [4.69, 9.17) is 17.0 Å². The maximum Gasteiger partial charge on any atom is 0.430 e. The van der Waals surface area contributed by atoms with E-state index < -0.39 is 39.6 Å². The zero-order valence-corrected chi connectivity index (χ0v) is 22.1. The lowest BCUT2D eigenvalue weighted by Crippen LogP contribution is -2.56. The molecule has 0 saturated carbocycles. The third kappa shape index (κ3) is 5.85. The molecule has 0 spiro atoms. The number of alkyl halides is 6. The van der Waals surface area contributed by atoms with E-state index in [1.165, 1.54) is 10.4 Å². The molecule has 0 amide bonds. The second-order valence-corrected chi connectivity index (χ2v) is 12.0. The van der Waals surface area contributed by atoms with Crippen LogP contribution in [0, 0.1) is 5.92 Å². The molecule has 4 rings (SSSR count). The summed E-state index contributed by atoms with van der Waals surface area (Å²) in [5.41, 5.74) is -6.72. The van der Waals surface area contributed by atoms with E-state index >= 15 is 0 Å². The van der Waals surface area contributed by atoms with Crippen LogP contribution in [0.4, 0.5) is 32.3 Å². The number of rotatable bonds is 6. The molecule has 16 heteroatoms. The molecule has 0 aromatic carbocycles. The van der Waals surface area contributed by atoms with Gasteiger partial charge in [0.25, 0.3) is 5.60 Å². The van der Waals surface area contributed by atoms with Gasteiger partial charge in [-0.1, -0.05) is 24.4 Å². The van der Waals surface area contributed by atoms with Crippen molar-refractivity contribution in [3.05, 3.63) is 41.1 Å². The van der Waals surface area contributed by atoms with Gasteiger partial charge in [0.2, 0.25) is 16.0 Å². The number of piperazine rings is 1. The fourth-order valence-electron chi connectivity index (χ4n) is 4.91. The number of thiocarbonyl (C=S) groups is 1. The van der Waals surface area contributed by atoms with Crippen LogP contribution in [0.5, 0.6) is 0 Å². The second kappa shape index (κ2) is 11.0. The average molecular weight is 601 g/mol. The van der Waals surface area contributed by atoms with Gasteiger partial charge in [-0.15, -0.1) is 0 Å². The number of allylic oxidation sites excluding steroid dienone is 4. The van der Waals surface area contributed by atoms with E-state index in [0.29, 0.717) is 51.3 Å². The highest BCUT2D eigenvalue weighted by atomic mass is 32.2. The quantitative estimate of drug-likeness (QED) is 0.391. The number of anilines is 1. The molecule has 3 heterocycles. The summed E-state index contributed by atoms with van der Waals surface area (Å²) in [4.78, 5) is 9.38. The van der Waals surface area contributed by atoms with Crippen LogP contribution in [0.3, 0.4) is 0 Å². The number of sulfonamides is 1. The van der Waals surface area contributed by atoms with Gasteiger partial charge in [-0.25, -0.2) is 18.4 Å². The summed E-state index contributed by atoms with van der Waals surface area (Å²) in [7, 11) is -3.95. The van der Waals surface area contributed by atoms with Crippen LogP contribution in [-0.2, 0) is 20.4 Å². The van der Waals surface area contributed by atoms with Gasteiger partial charge in [-0.2, -0.15) is 30.6 Å². The Balaban J connectivity index is 1.63. The first-order chi connectivity index (χ1) is 18.2. The molecule has 1 atom stereocenters. The molecule has 1 aliphatic carbocycles. The summed E-state index contributed by atoms with van der Waals surface area (Å²) in [5, 5.41) is 9.65. The maximum atomic E-state index is 13.4. The van der Waals surface area contributed by atoms with Crippen molar-refractivity contribution in [3.63, 3.8) is 0 Å². The second-order valence-electron chi connectivity index (χ2n) is 9.57. The molecule has 39 heavy (non-hydrogen) atoms. The van der Waals surface area contributed by atoms with E-state index in [0.717, 1.165) is 0 Å². The van der Waals surface area contributed by atoms with Gasteiger partial charge in [0.15, 0.2) is 0 Å². The molecular formula is C23H26F6N4O4S2. The molecule has 8 nitrogen and oxygen atoms in total. The van der Waals surface area contributed by atoms with Crippen molar-refractivity contribution in [2.24, 2.45) is 5.92 Å². The summed E-state index contributed by atoms with van der Waals surface area (Å²) >= 11 is 5.25. The van der Waals surface area contributed by atoms with Gasteiger partial charge in [-0.05, 0) is 31.3 Å². The van der Waals surface area contributed by atoms with Gasteiger partial charge in [0.1, 0.15) is 0 Å². The number of hydrogen-bond donors (Lipinski definition) is 1. The number of aliphatic hydroxyl groups is 1. The van der Waals surface area contributed by atoms with Crippen LogP contribution < -0.4 is 4.90 Å². The highest BCUT2D eigenvalue weighted by Gasteiger charge is 2.71. The first-order valence-electron chi connectivity index (χ1n) is 12.1. The van der Waals surface area contributed by atoms with Crippen molar-refractivity contribution in [1.82, 2.24) is 14.3 Å². The molecule has 0 bridgehead atoms. The minimum Gasteiger partial charge on any atom is -0.381 e. The van der Waals surface area contributed by atoms with E-state index in [1.54, 1.807) is 17.1 Å². The van der Waals surface area contributed by atoms with E-state index in [2.05, 4.69) is 9.97 Å². The van der Waals surface area contributed by atoms with Gasteiger partial charge >= 0.3 is 12.4 Å². The lowest BCUT2D eigenvalue weighted by Gasteiger charge is -2.43. The van der Waals surface area contributed by atoms with Crippen molar-refractivity contribution in [2.75, 3.05) is 37.7 Å². The first kappa shape index (κ1) is 29.8. The van der Waals surface area contributed by atoms with Crippen molar-refractivity contribution in [3.8, 4) is 0 Å². The average Bonchev–Trinajstić information content (AvgIpc) is 2.88. The Kier molecular flexibility index (Phi) is 8.44. The summed E-state index contributed by atoms with van der Waals surface area (Å²) in [6.45, 7) is 1.03. The van der Waals surface area contributed by atoms with Gasteiger partial charge in [-0.3, -0.25) is 0 Å². The number of ether oxygens (including phenoxy) is 1. The SMILES string of the molecule is O=S(=O)(C1=CC=CCC1=S)N1CCN(c2ncc(C(O)(C(F)(F)F)C(F)(F)F)cn2)[C@@H](CC2CCOCC2)C1. The first-order valence-corrected chi connectivity index (χ1v) is 13.9. The molecule has 0 unspecified atom stereocenters. The molecule has 1 aromatic rings. The Labute approximate surface area is 226 Å². The number of hydrogen-bond acceptors (Lipinski definition) is 8. The van der Waals surface area contributed by atoms with Crippen LogP contribution >= 0.6 is 12.2 Å². The van der Waals surface area contributed by atoms with Crippen LogP contribution in [-0.4, -0.2) is 83.9 Å². The summed E-state index contributed by atoms with van der Waals surface area (Å²) < 4.78 is 113. The Morgan fingerprint density at radius 2 is 1.67 bits per heavy atom. The molecule has 2 saturated heterocycles. The monoisotopic (exact) mass is 600 g/mol. The van der Waals surface area contributed by atoms with Gasteiger partial charge in [0, 0.05) is 68.1 Å². The third-order valence-electron chi connectivity index (χ3n) is 7.10. The normalized spacial score (nSPS) is 22.7. The van der Waals surface area contributed by atoms with Crippen LogP contribution in [0.15, 0.2) is 35.5 Å². The molecule has 0 radical (unpaired) electrons. The number of aromatic nitrogens is 2. The fourth-order valence-corrected chi connectivity index (χ4v) is 6.98. The number of nitrogens with zero attached hydrogens (tertiary/aromatic N) is 4. The standard InChI is InChI=1S/C23H26F6N4O4S2/c24-22(25,26)21(34,23(27,28)29)16-12-30-20(31-13-16)33-8-7-32(14-17(33)11-15-5-9-37-10-6-15)39(35,36)19-4-2-1-3-18(19)38/h1-2,4,12-13,15,17,34H,3,5-11,14H2/t17-/m0/s1. The Morgan fingerprint density at radius 1 is 1.05 bits per heavy atom. The summed E-state index contributed by atoms with van der Waals surface area (Å²) in [6, 6.07) is -0.528. The van der Waals surface area contributed by atoms with Crippen LogP contribution in [0.25, 0.3) is 0 Å². The predicted octanol–water partition coefficient (Wildman–Crippen LogP) is 3.64. The topological polar surface area (TPSA) is 95.9 Å². The summed E-state index contributed by atoms with van der Waals surface area (Å²) in [5.74, 6) is -0.0264. The van der Waals surface area contributed by atoms with Crippen LogP contribution in [0.1, 0.15) is 31.2 Å². The molecule has 216 valence electrons. The van der Waals surface area contributed by atoms with Crippen molar-refractivity contribution in [2.45, 2.75) is 49.7 Å². The van der Waals surface area contributed by atoms with Gasteiger partial charge < -0.3 is 14.7 Å².